The normalized spacial score (nSPS) is 15.1. The monoisotopic (exact) mass is 642 g/mol. The molecule has 0 radical (unpaired) electrons. The first-order valence-electron chi connectivity index (χ1n) is 17.7. The number of para-hydroxylation sites is 2. The second-order valence-electron chi connectivity index (χ2n) is 15.0. The Balaban J connectivity index is 1.37. The first-order chi connectivity index (χ1) is 24.3. The summed E-state index contributed by atoms with van der Waals surface area (Å²) in [5.41, 5.74) is 17.4. The Hall–Kier alpha value is -5.86. The van der Waals surface area contributed by atoms with Crippen LogP contribution in [-0.2, 0) is 10.8 Å². The Morgan fingerprint density at radius 2 is 0.940 bits per heavy atom. The summed E-state index contributed by atoms with van der Waals surface area (Å²) in [5.74, 6) is 0. The molecule has 0 spiro atoms. The lowest BCUT2D eigenvalue weighted by Crippen LogP contribution is -2.38. The highest BCUT2D eigenvalue weighted by Gasteiger charge is 2.47. The van der Waals surface area contributed by atoms with Crippen molar-refractivity contribution in [2.75, 3.05) is 4.90 Å². The fraction of sp³-hybridized carbons (Fsp3) is 0.125. The molecule has 10 rings (SSSR count). The van der Waals surface area contributed by atoms with Crippen molar-refractivity contribution in [3.63, 3.8) is 0 Å². The molecule has 240 valence electrons. The molecule has 2 aliphatic rings. The Kier molecular flexibility index (Phi) is 6.01. The second-order valence-corrected chi connectivity index (χ2v) is 15.0. The Morgan fingerprint density at radius 3 is 1.54 bits per heavy atom. The molecule has 3 heterocycles. The summed E-state index contributed by atoms with van der Waals surface area (Å²) >= 11 is 0. The highest BCUT2D eigenvalue weighted by molar-refractivity contribution is 6.14. The average Bonchev–Trinajstić information content (AvgIpc) is 3.49. The van der Waals surface area contributed by atoms with E-state index in [0.717, 1.165) is 0 Å². The highest BCUT2D eigenvalue weighted by Crippen LogP contribution is 2.63. The fourth-order valence-electron chi connectivity index (χ4n) is 9.00. The molecule has 1 aromatic heterocycles. The first kappa shape index (κ1) is 29.1. The first-order valence-corrected chi connectivity index (χ1v) is 17.7. The third kappa shape index (κ3) is 3.91. The number of benzene rings is 7. The lowest BCUT2D eigenvalue weighted by Gasteiger charge is -2.50. The lowest BCUT2D eigenvalue weighted by molar-refractivity contribution is 0.601. The summed E-state index contributed by atoms with van der Waals surface area (Å²) < 4.78 is 2.52. The maximum Gasteiger partial charge on any atom is 0.0603 e. The summed E-state index contributed by atoms with van der Waals surface area (Å²) in [6.07, 6.45) is 0. The lowest BCUT2D eigenvalue weighted by atomic mass is 9.65. The van der Waals surface area contributed by atoms with Gasteiger partial charge in [-0.1, -0.05) is 137 Å². The van der Waals surface area contributed by atoms with Crippen LogP contribution in [0.5, 0.6) is 0 Å². The number of nitrogens with zero attached hydrogens (tertiary/aromatic N) is 2. The SMILES string of the molecule is CC1(C)c2cc(-c3ccccc3)ccc2N2c3ccc(-c4ccccc4)cc3C(C)(C)c3c2c1cc1c2ccccc2n(-c2ccccc2)c31. The van der Waals surface area contributed by atoms with Crippen LogP contribution in [0.1, 0.15) is 49.9 Å². The maximum atomic E-state index is 2.60. The molecule has 0 saturated heterocycles. The largest absolute Gasteiger partial charge is 0.309 e. The van der Waals surface area contributed by atoms with E-state index < -0.39 is 0 Å². The zero-order valence-electron chi connectivity index (χ0n) is 28.9. The van der Waals surface area contributed by atoms with E-state index >= 15 is 0 Å². The van der Waals surface area contributed by atoms with Gasteiger partial charge in [0.15, 0.2) is 0 Å². The van der Waals surface area contributed by atoms with Crippen molar-refractivity contribution in [3.8, 4) is 27.9 Å². The van der Waals surface area contributed by atoms with Gasteiger partial charge >= 0.3 is 0 Å². The predicted molar refractivity (Wildman–Crippen MR) is 211 cm³/mol. The van der Waals surface area contributed by atoms with Crippen molar-refractivity contribution in [2.24, 2.45) is 0 Å². The van der Waals surface area contributed by atoms with Gasteiger partial charge in [0, 0.05) is 32.9 Å². The van der Waals surface area contributed by atoms with Gasteiger partial charge in [0.2, 0.25) is 0 Å². The summed E-state index contributed by atoms with van der Waals surface area (Å²) in [7, 11) is 0. The molecule has 2 aliphatic heterocycles. The summed E-state index contributed by atoms with van der Waals surface area (Å²) in [5, 5.41) is 2.60. The van der Waals surface area contributed by atoms with Gasteiger partial charge < -0.3 is 9.47 Å². The van der Waals surface area contributed by atoms with Crippen molar-refractivity contribution >= 4 is 38.9 Å². The zero-order valence-corrected chi connectivity index (χ0v) is 28.9. The highest BCUT2D eigenvalue weighted by atomic mass is 15.2. The van der Waals surface area contributed by atoms with E-state index in [1.807, 2.05) is 0 Å². The molecule has 2 heteroatoms. The zero-order chi connectivity index (χ0) is 33.8. The van der Waals surface area contributed by atoms with Crippen LogP contribution in [0.4, 0.5) is 17.1 Å². The minimum Gasteiger partial charge on any atom is -0.309 e. The molecule has 0 fully saturated rings. The van der Waals surface area contributed by atoms with Crippen LogP contribution in [0.3, 0.4) is 0 Å². The van der Waals surface area contributed by atoms with E-state index in [9.17, 15) is 0 Å². The van der Waals surface area contributed by atoms with Crippen LogP contribution < -0.4 is 4.90 Å². The van der Waals surface area contributed by atoms with Crippen LogP contribution in [-0.4, -0.2) is 4.57 Å². The van der Waals surface area contributed by atoms with Crippen molar-refractivity contribution in [2.45, 2.75) is 38.5 Å². The molecule has 0 N–H and O–H groups in total. The summed E-state index contributed by atoms with van der Waals surface area (Å²) in [6.45, 7) is 9.75. The minimum absolute atomic E-state index is 0.248. The van der Waals surface area contributed by atoms with Gasteiger partial charge in [0.1, 0.15) is 0 Å². The van der Waals surface area contributed by atoms with E-state index in [0.29, 0.717) is 0 Å². The summed E-state index contributed by atoms with van der Waals surface area (Å²) in [4.78, 5) is 2.60. The van der Waals surface area contributed by atoms with Crippen molar-refractivity contribution in [1.82, 2.24) is 4.57 Å². The van der Waals surface area contributed by atoms with Gasteiger partial charge in [-0.05, 0) is 87.5 Å². The van der Waals surface area contributed by atoms with Gasteiger partial charge in [-0.3, -0.25) is 0 Å². The van der Waals surface area contributed by atoms with E-state index in [1.165, 1.54) is 89.1 Å². The third-order valence-electron chi connectivity index (χ3n) is 11.5. The smallest absolute Gasteiger partial charge is 0.0603 e. The molecular weight excluding hydrogens is 605 g/mol. The predicted octanol–water partition coefficient (Wildman–Crippen LogP) is 12.9. The molecule has 8 aromatic rings. The average molecular weight is 643 g/mol. The van der Waals surface area contributed by atoms with Crippen LogP contribution >= 0.6 is 0 Å². The Morgan fingerprint density at radius 1 is 0.420 bits per heavy atom. The Labute approximate surface area is 293 Å². The molecule has 0 bridgehead atoms. The molecule has 0 aliphatic carbocycles. The van der Waals surface area contributed by atoms with E-state index in [4.69, 9.17) is 0 Å². The van der Waals surface area contributed by atoms with Crippen LogP contribution in [0.25, 0.3) is 49.7 Å². The number of aromatic nitrogens is 1. The second kappa shape index (κ2) is 10.3. The topological polar surface area (TPSA) is 8.17 Å². The number of hydrogen-bond acceptors (Lipinski definition) is 1. The fourth-order valence-corrected chi connectivity index (χ4v) is 9.00. The summed E-state index contributed by atoms with van der Waals surface area (Å²) in [6, 6.07) is 58.3. The van der Waals surface area contributed by atoms with E-state index in [-0.39, 0.29) is 10.8 Å². The van der Waals surface area contributed by atoms with Crippen molar-refractivity contribution in [1.29, 1.82) is 0 Å². The van der Waals surface area contributed by atoms with Gasteiger partial charge in [0.05, 0.1) is 28.1 Å². The van der Waals surface area contributed by atoms with Crippen LogP contribution in [0.2, 0.25) is 0 Å². The minimum atomic E-state index is -0.307. The van der Waals surface area contributed by atoms with Gasteiger partial charge in [-0.25, -0.2) is 0 Å². The van der Waals surface area contributed by atoms with Gasteiger partial charge in [-0.15, -0.1) is 0 Å². The van der Waals surface area contributed by atoms with Crippen molar-refractivity contribution in [3.05, 3.63) is 180 Å². The molecule has 50 heavy (non-hydrogen) atoms. The van der Waals surface area contributed by atoms with Crippen LogP contribution in [0.15, 0.2) is 158 Å². The maximum absolute atomic E-state index is 2.60. The van der Waals surface area contributed by atoms with E-state index in [2.05, 4.69) is 195 Å². The standard InChI is InChI=1S/C48H38N2/c1-47(2)38-28-33(31-16-8-5-9-17-31)24-26-42(38)50-43-27-25-34(32-18-10-6-11-19-32)29-39(43)48(3,4)44-45-37(30-40(47)46(44)50)36-22-14-15-23-41(36)49(45)35-20-12-7-13-21-35/h5-30H,1-4H3. The number of rotatable bonds is 3. The van der Waals surface area contributed by atoms with Crippen molar-refractivity contribution < 1.29 is 0 Å². The van der Waals surface area contributed by atoms with Gasteiger partial charge in [-0.2, -0.15) is 0 Å². The number of fused-ring (bicyclic) bond motifs is 8. The third-order valence-corrected chi connectivity index (χ3v) is 11.5. The molecule has 0 atom stereocenters. The van der Waals surface area contributed by atoms with Gasteiger partial charge in [0.25, 0.3) is 0 Å². The molecule has 2 nitrogen and oxygen atoms in total. The van der Waals surface area contributed by atoms with Crippen LogP contribution in [0, 0.1) is 0 Å². The number of hydrogen-bond donors (Lipinski definition) is 0. The van der Waals surface area contributed by atoms with E-state index in [1.54, 1.807) is 0 Å². The molecule has 0 amide bonds. The molecule has 0 saturated carbocycles. The molecule has 0 unspecified atom stereocenters. The number of anilines is 3. The molecule has 7 aromatic carbocycles. The quantitative estimate of drug-likeness (QED) is 0.186. The Bertz CT molecular complexity index is 2620. The molecular formula is C48H38N2.